The highest BCUT2D eigenvalue weighted by atomic mass is 31.1. The van der Waals surface area contributed by atoms with Crippen molar-refractivity contribution in [3.8, 4) is 0 Å². The van der Waals surface area contributed by atoms with E-state index in [9.17, 15) is 19.5 Å². The maximum atomic E-state index is 12.3. The number of anilines is 1. The van der Waals surface area contributed by atoms with Gasteiger partial charge < -0.3 is 0 Å². The van der Waals surface area contributed by atoms with E-state index in [0.717, 1.165) is 5.01 Å². The fourth-order valence-corrected chi connectivity index (χ4v) is 3.29. The van der Waals surface area contributed by atoms with Crippen LogP contribution in [0.2, 0.25) is 0 Å². The van der Waals surface area contributed by atoms with Crippen molar-refractivity contribution in [3.63, 3.8) is 0 Å². The molecule has 0 aromatic heterocycles. The number of carbonyl (C=O) groups is 1. The second kappa shape index (κ2) is 5.72. The molecule has 1 heterocycles. The first-order valence-electron chi connectivity index (χ1n) is 6.18. The van der Waals surface area contributed by atoms with Crippen molar-refractivity contribution in [2.75, 3.05) is 11.6 Å². The molecule has 1 aliphatic heterocycles. The van der Waals surface area contributed by atoms with E-state index in [0.29, 0.717) is 18.7 Å². The monoisotopic (exact) mass is 312 g/mol. The lowest BCUT2D eigenvalue weighted by Crippen LogP contribution is -2.59. The van der Waals surface area contributed by atoms with E-state index < -0.39 is 24.1 Å². The summed E-state index contributed by atoms with van der Waals surface area (Å²) in [5.41, 5.74) is 6.24. The van der Waals surface area contributed by atoms with Crippen LogP contribution in [0.25, 0.3) is 0 Å². The third-order valence-electron chi connectivity index (χ3n) is 3.26. The van der Waals surface area contributed by atoms with Gasteiger partial charge in [0.1, 0.15) is 0 Å². The Hall–Kier alpha value is -2.09. The van der Waals surface area contributed by atoms with E-state index >= 15 is 0 Å². The van der Waals surface area contributed by atoms with E-state index in [-0.39, 0.29) is 12.1 Å². The Kier molecular flexibility index (Phi) is 4.17. The highest BCUT2D eigenvalue weighted by Crippen LogP contribution is 2.41. The van der Waals surface area contributed by atoms with Crippen LogP contribution in [0.15, 0.2) is 24.3 Å². The largest absolute Gasteiger partial charge is 0.492 e. The molecular formula is C11H15N5O4P+. The summed E-state index contributed by atoms with van der Waals surface area (Å²) < 4.78 is 12.3. The SMILES string of the molecule is NN1CCC[C@](N)([P+](=O)Nc2ccc([N+](=O)[O-])cc2)C1=O. The minimum Gasteiger partial charge on any atom is -0.275 e. The van der Waals surface area contributed by atoms with Crippen LogP contribution in [0.1, 0.15) is 12.8 Å². The number of benzene rings is 1. The predicted octanol–water partition coefficient (Wildman–Crippen LogP) is 0.900. The van der Waals surface area contributed by atoms with Crippen molar-refractivity contribution >= 4 is 25.2 Å². The van der Waals surface area contributed by atoms with Gasteiger partial charge in [0, 0.05) is 25.1 Å². The van der Waals surface area contributed by atoms with Crippen LogP contribution in [0.4, 0.5) is 11.4 Å². The summed E-state index contributed by atoms with van der Waals surface area (Å²) >= 11 is 0. The molecule has 9 nitrogen and oxygen atoms in total. The van der Waals surface area contributed by atoms with E-state index in [4.69, 9.17) is 11.6 Å². The number of hydrogen-bond donors (Lipinski definition) is 3. The zero-order chi connectivity index (χ0) is 15.6. The molecule has 2 atom stereocenters. The van der Waals surface area contributed by atoms with Gasteiger partial charge in [-0.2, -0.15) is 5.09 Å². The molecule has 0 saturated carbocycles. The normalized spacial score (nSPS) is 22.9. The van der Waals surface area contributed by atoms with Gasteiger partial charge in [-0.05, 0) is 23.1 Å². The number of nitro groups is 1. The molecule has 1 aromatic rings. The number of nitrogens with two attached hydrogens (primary N) is 2. The molecule has 10 heteroatoms. The molecule has 1 amide bonds. The Balaban J connectivity index is 2.13. The van der Waals surface area contributed by atoms with Crippen molar-refractivity contribution in [3.05, 3.63) is 34.4 Å². The van der Waals surface area contributed by atoms with Crippen LogP contribution >= 0.6 is 7.95 Å². The minimum atomic E-state index is -2.31. The number of nitrogens with one attached hydrogen (secondary N) is 1. The van der Waals surface area contributed by atoms with Gasteiger partial charge >= 0.3 is 19.1 Å². The van der Waals surface area contributed by atoms with Gasteiger partial charge in [0.2, 0.25) is 0 Å². The van der Waals surface area contributed by atoms with Gasteiger partial charge in [0.15, 0.2) is 0 Å². The lowest BCUT2D eigenvalue weighted by Gasteiger charge is -2.29. The topological polar surface area (TPSA) is 145 Å². The van der Waals surface area contributed by atoms with Crippen LogP contribution in [0, 0.1) is 10.1 Å². The average molecular weight is 312 g/mol. The summed E-state index contributed by atoms with van der Waals surface area (Å²) in [6.45, 7) is 0.374. The molecule has 0 bridgehead atoms. The molecule has 2 rings (SSSR count). The molecule has 0 aliphatic carbocycles. The third kappa shape index (κ3) is 2.99. The molecule has 1 unspecified atom stereocenters. The average Bonchev–Trinajstić information content (AvgIpc) is 2.45. The number of hydrazine groups is 1. The molecule has 5 N–H and O–H groups in total. The number of nitro benzene ring substituents is 1. The highest BCUT2D eigenvalue weighted by Gasteiger charge is 2.56. The number of nitrogens with zero attached hydrogens (tertiary/aromatic N) is 2. The molecule has 0 radical (unpaired) electrons. The molecular weight excluding hydrogens is 297 g/mol. The fraction of sp³-hybridized carbons (Fsp3) is 0.364. The second-order valence-electron chi connectivity index (χ2n) is 4.74. The first-order chi connectivity index (χ1) is 9.84. The smallest absolute Gasteiger partial charge is 0.275 e. The van der Waals surface area contributed by atoms with Crippen LogP contribution in [-0.2, 0) is 9.36 Å². The molecule has 1 saturated heterocycles. The zero-order valence-corrected chi connectivity index (χ0v) is 12.0. The molecule has 1 fully saturated rings. The van der Waals surface area contributed by atoms with Crippen molar-refractivity contribution in [2.24, 2.45) is 11.6 Å². The van der Waals surface area contributed by atoms with E-state index in [2.05, 4.69) is 5.09 Å². The Labute approximate surface area is 121 Å². The molecule has 0 spiro atoms. The van der Waals surface area contributed by atoms with Crippen molar-refractivity contribution < 1.29 is 14.3 Å². The maximum Gasteiger partial charge on any atom is 0.492 e. The Bertz CT molecular complexity index is 593. The number of rotatable bonds is 4. The van der Waals surface area contributed by atoms with Crippen LogP contribution in [-0.4, -0.2) is 27.7 Å². The number of hydrogen-bond acceptors (Lipinski definition) is 6. The van der Waals surface area contributed by atoms with E-state index in [1.807, 2.05) is 0 Å². The third-order valence-corrected chi connectivity index (χ3v) is 4.86. The minimum absolute atomic E-state index is 0.0832. The van der Waals surface area contributed by atoms with Crippen LogP contribution in [0.3, 0.4) is 0 Å². The number of non-ortho nitro benzene ring substituents is 1. The Morgan fingerprint density at radius 2 is 2.00 bits per heavy atom. The van der Waals surface area contributed by atoms with E-state index in [1.165, 1.54) is 24.3 Å². The summed E-state index contributed by atoms with van der Waals surface area (Å²) in [6.07, 6.45) is 0.816. The lowest BCUT2D eigenvalue weighted by molar-refractivity contribution is -0.384. The quantitative estimate of drug-likeness (QED) is 0.246. The summed E-state index contributed by atoms with van der Waals surface area (Å²) in [7, 11) is -2.31. The standard InChI is InChI=1S/C11H15N5O4P/c12-11(6-1-7-15(13)10(11)17)21(20)14-8-2-4-9(5-3-8)16(18)19/h2-5H,1,6-7,12-13H2,(H,14,20)/q+1/t11-/m0/s1. The summed E-state index contributed by atoms with van der Waals surface area (Å²) in [6, 6.07) is 5.35. The van der Waals surface area contributed by atoms with Gasteiger partial charge in [0.05, 0.1) is 10.6 Å². The van der Waals surface area contributed by atoms with Crippen LogP contribution in [0.5, 0.6) is 0 Å². The van der Waals surface area contributed by atoms with Gasteiger partial charge in [-0.3, -0.25) is 25.7 Å². The van der Waals surface area contributed by atoms with Crippen molar-refractivity contribution in [1.82, 2.24) is 5.01 Å². The number of amides is 1. The van der Waals surface area contributed by atoms with Gasteiger partial charge in [-0.15, -0.1) is 0 Å². The molecule has 21 heavy (non-hydrogen) atoms. The summed E-state index contributed by atoms with van der Waals surface area (Å²) in [4.78, 5) is 22.0. The van der Waals surface area contributed by atoms with Gasteiger partial charge in [-0.25, -0.2) is 5.84 Å². The molecule has 112 valence electrons. The second-order valence-corrected chi connectivity index (χ2v) is 6.35. The Morgan fingerprint density at radius 3 is 2.57 bits per heavy atom. The summed E-state index contributed by atoms with van der Waals surface area (Å²) in [5, 5.41) is 12.6. The van der Waals surface area contributed by atoms with Gasteiger partial charge in [0.25, 0.3) is 5.69 Å². The first-order valence-corrected chi connectivity index (χ1v) is 7.44. The fourth-order valence-electron chi connectivity index (χ4n) is 2.04. The Morgan fingerprint density at radius 1 is 1.38 bits per heavy atom. The van der Waals surface area contributed by atoms with Crippen molar-refractivity contribution in [1.29, 1.82) is 0 Å². The maximum absolute atomic E-state index is 12.3. The zero-order valence-electron chi connectivity index (χ0n) is 11.1. The van der Waals surface area contributed by atoms with Crippen molar-refractivity contribution in [2.45, 2.75) is 18.1 Å². The lowest BCUT2D eigenvalue weighted by atomic mass is 10.1. The number of carbonyl (C=O) groups excluding carboxylic acids is 1. The van der Waals surface area contributed by atoms with Gasteiger partial charge in [-0.1, -0.05) is 0 Å². The highest BCUT2D eigenvalue weighted by molar-refractivity contribution is 7.49. The summed E-state index contributed by atoms with van der Waals surface area (Å²) in [5.74, 6) is 4.93. The molecule has 1 aromatic carbocycles. The van der Waals surface area contributed by atoms with E-state index in [1.54, 1.807) is 0 Å². The first kappa shape index (κ1) is 15.3. The molecule has 1 aliphatic rings. The number of piperidine rings is 1. The predicted molar refractivity (Wildman–Crippen MR) is 76.4 cm³/mol. The van der Waals surface area contributed by atoms with Crippen LogP contribution < -0.4 is 16.7 Å².